The minimum Gasteiger partial charge on any atom is -0.444 e. The van der Waals surface area contributed by atoms with Gasteiger partial charge in [0.05, 0.1) is 6.61 Å². The number of likely N-dealkylation sites (tertiary alicyclic amines) is 1. The monoisotopic (exact) mass is 312 g/mol. The molecule has 128 valence electrons. The summed E-state index contributed by atoms with van der Waals surface area (Å²) in [6.45, 7) is 9.32. The smallest absolute Gasteiger partial charge is 0.410 e. The van der Waals surface area contributed by atoms with Crippen molar-refractivity contribution in [2.75, 3.05) is 32.8 Å². The van der Waals surface area contributed by atoms with Gasteiger partial charge in [-0.15, -0.1) is 0 Å². The molecule has 0 spiro atoms. The molecule has 1 saturated carbocycles. The quantitative estimate of drug-likeness (QED) is 0.848. The van der Waals surface area contributed by atoms with Crippen LogP contribution < -0.4 is 5.73 Å². The minimum atomic E-state index is -0.439. The average Bonchev–Trinajstić information content (AvgIpc) is 2.40. The van der Waals surface area contributed by atoms with Gasteiger partial charge in [0.2, 0.25) is 0 Å². The molecule has 0 unspecified atom stereocenters. The summed E-state index contributed by atoms with van der Waals surface area (Å²) in [5, 5.41) is 0. The first kappa shape index (κ1) is 17.5. The second-order valence-electron chi connectivity index (χ2n) is 7.98. The maximum Gasteiger partial charge on any atom is 0.410 e. The molecule has 0 aromatic rings. The third-order valence-electron chi connectivity index (χ3n) is 4.90. The van der Waals surface area contributed by atoms with Gasteiger partial charge in [-0.05, 0) is 52.4 Å². The molecule has 0 radical (unpaired) electrons. The first-order valence-corrected chi connectivity index (χ1v) is 8.59. The van der Waals surface area contributed by atoms with Gasteiger partial charge in [0.1, 0.15) is 5.60 Å². The molecule has 0 aromatic heterocycles. The lowest BCUT2D eigenvalue weighted by Gasteiger charge is -2.41. The second-order valence-corrected chi connectivity index (χ2v) is 7.98. The summed E-state index contributed by atoms with van der Waals surface area (Å²) in [7, 11) is 0. The van der Waals surface area contributed by atoms with Crippen LogP contribution in [0, 0.1) is 11.3 Å². The number of rotatable bonds is 5. The van der Waals surface area contributed by atoms with Crippen LogP contribution in [0.1, 0.15) is 52.9 Å². The maximum absolute atomic E-state index is 12.1. The first-order valence-electron chi connectivity index (χ1n) is 8.59. The van der Waals surface area contributed by atoms with E-state index in [1.165, 1.54) is 19.3 Å². The molecule has 0 atom stereocenters. The molecule has 0 bridgehead atoms. The molecule has 1 aliphatic carbocycles. The standard InChI is InChI=1S/C17H32N2O3/c1-16(2,3)22-15(20)19-9-7-17(12-18,8-10-19)13-21-11-14-5-4-6-14/h14H,4-13,18H2,1-3H3. The van der Waals surface area contributed by atoms with Gasteiger partial charge in [-0.1, -0.05) is 6.42 Å². The van der Waals surface area contributed by atoms with E-state index in [0.717, 1.165) is 32.0 Å². The molecule has 2 aliphatic rings. The number of carbonyl (C=O) groups excluding carboxylic acids is 1. The fraction of sp³-hybridized carbons (Fsp3) is 0.941. The normalized spacial score (nSPS) is 22.3. The van der Waals surface area contributed by atoms with Crippen LogP contribution in [-0.2, 0) is 9.47 Å². The first-order chi connectivity index (χ1) is 10.3. The molecular weight excluding hydrogens is 280 g/mol. The Bertz CT molecular complexity index is 367. The number of nitrogens with two attached hydrogens (primary N) is 1. The van der Waals surface area contributed by atoms with Gasteiger partial charge in [0.15, 0.2) is 0 Å². The predicted molar refractivity (Wildman–Crippen MR) is 86.7 cm³/mol. The van der Waals surface area contributed by atoms with E-state index in [1.807, 2.05) is 20.8 Å². The van der Waals surface area contributed by atoms with Gasteiger partial charge in [0, 0.05) is 31.7 Å². The van der Waals surface area contributed by atoms with Gasteiger partial charge < -0.3 is 20.1 Å². The molecule has 2 N–H and O–H groups in total. The number of ether oxygens (including phenoxy) is 2. The van der Waals surface area contributed by atoms with Gasteiger partial charge in [-0.3, -0.25) is 0 Å². The molecule has 2 rings (SSSR count). The Morgan fingerprint density at radius 3 is 2.36 bits per heavy atom. The fourth-order valence-electron chi connectivity index (χ4n) is 3.00. The van der Waals surface area contributed by atoms with Gasteiger partial charge in [-0.25, -0.2) is 4.79 Å². The lowest BCUT2D eigenvalue weighted by Crippen LogP contribution is -2.49. The van der Waals surface area contributed by atoms with E-state index in [0.29, 0.717) is 19.6 Å². The van der Waals surface area contributed by atoms with Gasteiger partial charge in [-0.2, -0.15) is 0 Å². The molecule has 2 fully saturated rings. The highest BCUT2D eigenvalue weighted by atomic mass is 16.6. The highest BCUT2D eigenvalue weighted by Crippen LogP contribution is 2.33. The summed E-state index contributed by atoms with van der Waals surface area (Å²) in [5.74, 6) is 0.761. The van der Waals surface area contributed by atoms with Crippen molar-refractivity contribution in [1.82, 2.24) is 4.90 Å². The Balaban J connectivity index is 1.75. The summed E-state index contributed by atoms with van der Waals surface area (Å²) >= 11 is 0. The average molecular weight is 312 g/mol. The molecule has 5 heteroatoms. The molecule has 22 heavy (non-hydrogen) atoms. The van der Waals surface area contributed by atoms with Crippen LogP contribution >= 0.6 is 0 Å². The van der Waals surface area contributed by atoms with E-state index in [2.05, 4.69) is 0 Å². The van der Waals surface area contributed by atoms with Crippen molar-refractivity contribution in [2.24, 2.45) is 17.1 Å². The van der Waals surface area contributed by atoms with Crippen molar-refractivity contribution in [3.63, 3.8) is 0 Å². The Kier molecular flexibility index (Phi) is 5.72. The Morgan fingerprint density at radius 1 is 1.27 bits per heavy atom. The van der Waals surface area contributed by atoms with Crippen molar-refractivity contribution in [1.29, 1.82) is 0 Å². The van der Waals surface area contributed by atoms with Crippen LogP contribution in [0.4, 0.5) is 4.79 Å². The number of nitrogens with zero attached hydrogens (tertiary/aromatic N) is 1. The van der Waals surface area contributed by atoms with Crippen molar-refractivity contribution >= 4 is 6.09 Å². The van der Waals surface area contributed by atoms with E-state index in [9.17, 15) is 4.79 Å². The molecule has 5 nitrogen and oxygen atoms in total. The number of hydrogen-bond donors (Lipinski definition) is 1. The summed E-state index contributed by atoms with van der Waals surface area (Å²) < 4.78 is 11.4. The molecule has 1 amide bonds. The molecule has 0 aromatic carbocycles. The number of piperidine rings is 1. The van der Waals surface area contributed by atoms with E-state index in [4.69, 9.17) is 15.2 Å². The molecule has 1 heterocycles. The van der Waals surface area contributed by atoms with Gasteiger partial charge >= 0.3 is 6.09 Å². The highest BCUT2D eigenvalue weighted by molar-refractivity contribution is 5.68. The maximum atomic E-state index is 12.1. The van der Waals surface area contributed by atoms with Crippen LogP contribution in [0.3, 0.4) is 0 Å². The van der Waals surface area contributed by atoms with Crippen molar-refractivity contribution < 1.29 is 14.3 Å². The van der Waals surface area contributed by atoms with Crippen LogP contribution in [0.25, 0.3) is 0 Å². The Labute approximate surface area is 134 Å². The van der Waals surface area contributed by atoms with E-state index in [-0.39, 0.29) is 11.5 Å². The van der Waals surface area contributed by atoms with Crippen LogP contribution in [0.15, 0.2) is 0 Å². The lowest BCUT2D eigenvalue weighted by molar-refractivity contribution is -0.0254. The van der Waals surface area contributed by atoms with Crippen LogP contribution in [0.5, 0.6) is 0 Å². The zero-order chi connectivity index (χ0) is 16.2. The van der Waals surface area contributed by atoms with E-state index >= 15 is 0 Å². The molecule has 1 aliphatic heterocycles. The van der Waals surface area contributed by atoms with Crippen LogP contribution in [0.2, 0.25) is 0 Å². The summed E-state index contributed by atoms with van der Waals surface area (Å²) in [4.78, 5) is 13.9. The summed E-state index contributed by atoms with van der Waals surface area (Å²) in [6.07, 6.45) is 5.54. The fourth-order valence-corrected chi connectivity index (χ4v) is 3.00. The summed E-state index contributed by atoms with van der Waals surface area (Å²) in [6, 6.07) is 0. The van der Waals surface area contributed by atoms with Crippen molar-refractivity contribution in [3.05, 3.63) is 0 Å². The zero-order valence-corrected chi connectivity index (χ0v) is 14.4. The Hall–Kier alpha value is -0.810. The van der Waals surface area contributed by atoms with Crippen LogP contribution in [-0.4, -0.2) is 49.4 Å². The van der Waals surface area contributed by atoms with Crippen molar-refractivity contribution in [3.8, 4) is 0 Å². The Morgan fingerprint density at radius 2 is 1.91 bits per heavy atom. The molecule has 1 saturated heterocycles. The third kappa shape index (κ3) is 4.85. The third-order valence-corrected chi connectivity index (χ3v) is 4.90. The summed E-state index contributed by atoms with van der Waals surface area (Å²) in [5.41, 5.74) is 5.60. The zero-order valence-electron chi connectivity index (χ0n) is 14.4. The highest BCUT2D eigenvalue weighted by Gasteiger charge is 2.36. The molecular formula is C17H32N2O3. The van der Waals surface area contributed by atoms with Crippen molar-refractivity contribution in [2.45, 2.75) is 58.5 Å². The number of carbonyl (C=O) groups is 1. The number of amides is 1. The SMILES string of the molecule is CC(C)(C)OC(=O)N1CCC(CN)(COCC2CCC2)CC1. The lowest BCUT2D eigenvalue weighted by atomic mass is 9.79. The largest absolute Gasteiger partial charge is 0.444 e. The number of hydrogen-bond acceptors (Lipinski definition) is 4. The predicted octanol–water partition coefficient (Wildman–Crippen LogP) is 2.78. The topological polar surface area (TPSA) is 64.8 Å². The second kappa shape index (κ2) is 7.18. The van der Waals surface area contributed by atoms with Gasteiger partial charge in [0.25, 0.3) is 0 Å². The minimum absolute atomic E-state index is 0.0300. The van der Waals surface area contributed by atoms with E-state index in [1.54, 1.807) is 4.90 Å². The van der Waals surface area contributed by atoms with E-state index < -0.39 is 5.60 Å².